The summed E-state index contributed by atoms with van der Waals surface area (Å²) in [6.45, 7) is -0.439. The number of hydrogen-bond donors (Lipinski definition) is 3. The van der Waals surface area contributed by atoms with Gasteiger partial charge in [-0.15, -0.1) is 0 Å². The van der Waals surface area contributed by atoms with Crippen LogP contribution in [0.25, 0.3) is 0 Å². The number of aliphatic hydroxyl groups is 2. The number of nitro groups is 1. The van der Waals surface area contributed by atoms with Gasteiger partial charge in [0.2, 0.25) is 5.82 Å². The van der Waals surface area contributed by atoms with E-state index in [1.165, 1.54) is 0 Å². The van der Waals surface area contributed by atoms with Crippen LogP contribution in [0.15, 0.2) is 16.6 Å². The molecule has 3 N–H and O–H groups in total. The fourth-order valence-corrected chi connectivity index (χ4v) is 1.56. The Balaban J connectivity index is 2.92. The molecule has 1 aromatic carbocycles. The van der Waals surface area contributed by atoms with Crippen molar-refractivity contribution in [3.63, 3.8) is 0 Å². The smallest absolute Gasteiger partial charge is 0.306 e. The molecular weight excluding hydrogens is 299 g/mol. The van der Waals surface area contributed by atoms with Crippen LogP contribution in [0.4, 0.5) is 15.8 Å². The minimum atomic E-state index is -0.994. The number of nitrogens with one attached hydrogen (secondary N) is 1. The van der Waals surface area contributed by atoms with E-state index in [0.717, 1.165) is 12.1 Å². The van der Waals surface area contributed by atoms with Crippen molar-refractivity contribution in [1.82, 2.24) is 0 Å². The number of halogens is 2. The summed E-state index contributed by atoms with van der Waals surface area (Å²) in [5, 5.41) is 30.9. The van der Waals surface area contributed by atoms with E-state index in [1.54, 1.807) is 0 Å². The van der Waals surface area contributed by atoms with E-state index in [-0.39, 0.29) is 12.2 Å². The first-order chi connectivity index (χ1) is 7.95. The number of hydrogen-bond acceptors (Lipinski definition) is 5. The van der Waals surface area contributed by atoms with Crippen LogP contribution in [0.3, 0.4) is 0 Å². The van der Waals surface area contributed by atoms with Gasteiger partial charge >= 0.3 is 5.69 Å². The molecule has 0 aromatic heterocycles. The Morgan fingerprint density at radius 2 is 2.24 bits per heavy atom. The Labute approximate surface area is 104 Å². The van der Waals surface area contributed by atoms with Crippen LogP contribution in [-0.2, 0) is 0 Å². The van der Waals surface area contributed by atoms with E-state index >= 15 is 0 Å². The molecular formula is C9H10BrFN2O4. The summed E-state index contributed by atoms with van der Waals surface area (Å²) in [5.74, 6) is -0.949. The average molecular weight is 309 g/mol. The number of nitro benzene ring substituents is 1. The lowest BCUT2D eigenvalue weighted by atomic mass is 10.2. The summed E-state index contributed by atoms with van der Waals surface area (Å²) in [5.41, 5.74) is -0.389. The molecule has 0 radical (unpaired) electrons. The molecule has 17 heavy (non-hydrogen) atoms. The lowest BCUT2D eigenvalue weighted by Gasteiger charge is -2.11. The Morgan fingerprint density at radius 1 is 1.59 bits per heavy atom. The van der Waals surface area contributed by atoms with Gasteiger partial charge < -0.3 is 15.5 Å². The van der Waals surface area contributed by atoms with Crippen LogP contribution >= 0.6 is 15.9 Å². The maximum Gasteiger partial charge on any atom is 0.306 e. The molecule has 0 spiro atoms. The monoisotopic (exact) mass is 308 g/mol. The largest absolute Gasteiger partial charge is 0.394 e. The van der Waals surface area contributed by atoms with Gasteiger partial charge in [0.15, 0.2) is 0 Å². The van der Waals surface area contributed by atoms with Crippen LogP contribution in [0.2, 0.25) is 0 Å². The molecule has 6 nitrogen and oxygen atoms in total. The van der Waals surface area contributed by atoms with Gasteiger partial charge in [-0.25, -0.2) is 0 Å². The number of rotatable bonds is 5. The third-order valence-electron chi connectivity index (χ3n) is 1.97. The number of benzene rings is 1. The standard InChI is InChI=1S/C9H10BrFN2O4/c10-6-1-7(11)9(13(16)17)2-8(6)12-3-5(15)4-14/h1-2,5,12,14-15H,3-4H2. The summed E-state index contributed by atoms with van der Waals surface area (Å²) in [6, 6.07) is 1.98. The third-order valence-corrected chi connectivity index (χ3v) is 2.63. The van der Waals surface area contributed by atoms with Crippen LogP contribution in [0.1, 0.15) is 0 Å². The number of anilines is 1. The normalized spacial score (nSPS) is 12.2. The molecule has 8 heteroatoms. The molecule has 0 bridgehead atoms. The predicted molar refractivity (Wildman–Crippen MR) is 62.3 cm³/mol. The quantitative estimate of drug-likeness (QED) is 0.562. The first-order valence-electron chi connectivity index (χ1n) is 4.62. The second kappa shape index (κ2) is 5.89. The molecule has 0 aliphatic heterocycles. The zero-order chi connectivity index (χ0) is 13.0. The van der Waals surface area contributed by atoms with Crippen LogP contribution < -0.4 is 5.32 Å². The van der Waals surface area contributed by atoms with Crippen LogP contribution in [0, 0.1) is 15.9 Å². The minimum absolute atomic E-state index is 0.00210. The molecule has 0 saturated carbocycles. The lowest BCUT2D eigenvalue weighted by molar-refractivity contribution is -0.387. The maximum absolute atomic E-state index is 13.2. The second-order valence-corrected chi connectivity index (χ2v) is 4.11. The second-order valence-electron chi connectivity index (χ2n) is 3.26. The summed E-state index contributed by atoms with van der Waals surface area (Å²) in [7, 11) is 0. The zero-order valence-corrected chi connectivity index (χ0v) is 10.1. The van der Waals surface area contributed by atoms with E-state index in [1.807, 2.05) is 0 Å². The predicted octanol–water partition coefficient (Wildman–Crippen LogP) is 1.26. The summed E-state index contributed by atoms with van der Waals surface area (Å²) >= 11 is 3.03. The third kappa shape index (κ3) is 3.62. The van der Waals surface area contributed by atoms with E-state index < -0.39 is 29.1 Å². The van der Waals surface area contributed by atoms with Crippen molar-refractivity contribution in [2.75, 3.05) is 18.5 Å². The summed E-state index contributed by atoms with van der Waals surface area (Å²) in [6.07, 6.45) is -0.994. The SMILES string of the molecule is O=[N+]([O-])c1cc(NCC(O)CO)c(Br)cc1F. The first-order valence-corrected chi connectivity index (χ1v) is 5.41. The zero-order valence-electron chi connectivity index (χ0n) is 8.56. The Bertz CT molecular complexity index is 430. The molecule has 0 fully saturated rings. The van der Waals surface area contributed by atoms with Crippen LogP contribution in [-0.4, -0.2) is 34.4 Å². The van der Waals surface area contributed by atoms with Gasteiger partial charge in [-0.05, 0) is 22.0 Å². The van der Waals surface area contributed by atoms with Crippen molar-refractivity contribution in [3.8, 4) is 0 Å². The van der Waals surface area contributed by atoms with E-state index in [0.29, 0.717) is 4.47 Å². The van der Waals surface area contributed by atoms with Gasteiger partial charge in [-0.1, -0.05) is 0 Å². The van der Waals surface area contributed by atoms with Crippen molar-refractivity contribution in [2.24, 2.45) is 0 Å². The molecule has 94 valence electrons. The van der Waals surface area contributed by atoms with Gasteiger partial charge in [-0.3, -0.25) is 10.1 Å². The molecule has 0 aliphatic rings. The molecule has 0 heterocycles. The van der Waals surface area contributed by atoms with Gasteiger partial charge in [0, 0.05) is 17.1 Å². The maximum atomic E-state index is 13.2. The molecule has 0 amide bonds. The minimum Gasteiger partial charge on any atom is -0.394 e. The van der Waals surface area contributed by atoms with Crippen molar-refractivity contribution in [2.45, 2.75) is 6.10 Å². The number of aliphatic hydroxyl groups excluding tert-OH is 2. The fraction of sp³-hybridized carbons (Fsp3) is 0.333. The Hall–Kier alpha value is -1.25. The van der Waals surface area contributed by atoms with Crippen molar-refractivity contribution in [3.05, 3.63) is 32.5 Å². The Kier molecular flexibility index (Phi) is 4.79. The molecule has 1 aromatic rings. The van der Waals surface area contributed by atoms with E-state index in [9.17, 15) is 14.5 Å². The van der Waals surface area contributed by atoms with E-state index in [2.05, 4.69) is 21.2 Å². The van der Waals surface area contributed by atoms with Gasteiger partial charge in [-0.2, -0.15) is 4.39 Å². The van der Waals surface area contributed by atoms with Crippen molar-refractivity contribution < 1.29 is 19.5 Å². The summed E-state index contributed by atoms with van der Waals surface area (Å²) < 4.78 is 13.5. The Morgan fingerprint density at radius 3 is 2.76 bits per heavy atom. The highest BCUT2D eigenvalue weighted by Gasteiger charge is 2.17. The summed E-state index contributed by atoms with van der Waals surface area (Å²) in [4.78, 5) is 9.67. The van der Waals surface area contributed by atoms with E-state index in [4.69, 9.17) is 10.2 Å². The molecule has 0 aliphatic carbocycles. The highest BCUT2D eigenvalue weighted by Crippen LogP contribution is 2.29. The van der Waals surface area contributed by atoms with Gasteiger partial charge in [0.05, 0.1) is 23.3 Å². The van der Waals surface area contributed by atoms with Crippen molar-refractivity contribution >= 4 is 27.3 Å². The van der Waals surface area contributed by atoms with Gasteiger partial charge in [0.1, 0.15) is 0 Å². The average Bonchev–Trinajstić information content (AvgIpc) is 2.26. The molecule has 0 saturated heterocycles. The topological polar surface area (TPSA) is 95.6 Å². The highest BCUT2D eigenvalue weighted by molar-refractivity contribution is 9.10. The molecule has 1 unspecified atom stereocenters. The highest BCUT2D eigenvalue weighted by atomic mass is 79.9. The van der Waals surface area contributed by atoms with Crippen molar-refractivity contribution in [1.29, 1.82) is 0 Å². The van der Waals surface area contributed by atoms with Gasteiger partial charge in [0.25, 0.3) is 0 Å². The first kappa shape index (κ1) is 13.8. The lowest BCUT2D eigenvalue weighted by Crippen LogP contribution is -2.23. The molecule has 1 atom stereocenters. The fourth-order valence-electron chi connectivity index (χ4n) is 1.11. The molecule has 1 rings (SSSR count). The number of nitrogens with zero attached hydrogens (tertiary/aromatic N) is 1. The van der Waals surface area contributed by atoms with Crippen LogP contribution in [0.5, 0.6) is 0 Å².